The van der Waals surface area contributed by atoms with Gasteiger partial charge >= 0.3 is 0 Å². The van der Waals surface area contributed by atoms with Crippen LogP contribution in [0.25, 0.3) is 0 Å². The summed E-state index contributed by atoms with van der Waals surface area (Å²) in [6, 6.07) is 12.6. The van der Waals surface area contributed by atoms with Crippen molar-refractivity contribution in [3.8, 4) is 11.8 Å². The van der Waals surface area contributed by atoms with Crippen LogP contribution in [0.4, 0.5) is 11.5 Å². The molecule has 1 saturated heterocycles. The molecular formula is C21H24N4O. The molecule has 2 aliphatic rings. The second kappa shape index (κ2) is 7.25. The number of hydrogen-bond acceptors (Lipinski definition) is 5. The molecule has 1 aliphatic carbocycles. The van der Waals surface area contributed by atoms with Crippen LogP contribution in [-0.4, -0.2) is 37.8 Å². The number of anilines is 2. The third kappa shape index (κ3) is 3.08. The molecule has 0 spiro atoms. The average molecular weight is 348 g/mol. The van der Waals surface area contributed by atoms with Crippen LogP contribution >= 0.6 is 0 Å². The largest absolute Gasteiger partial charge is 0.492 e. The molecule has 2 heterocycles. The molecule has 5 nitrogen and oxygen atoms in total. The molecule has 0 bridgehead atoms. The van der Waals surface area contributed by atoms with Crippen molar-refractivity contribution in [3.05, 3.63) is 47.2 Å². The quantitative estimate of drug-likeness (QED) is 0.849. The van der Waals surface area contributed by atoms with Crippen molar-refractivity contribution in [1.29, 1.82) is 5.26 Å². The van der Waals surface area contributed by atoms with Gasteiger partial charge in [0.1, 0.15) is 17.6 Å². The molecule has 1 aromatic heterocycles. The zero-order valence-electron chi connectivity index (χ0n) is 15.2. The fraction of sp³-hybridized carbons (Fsp3) is 0.429. The Kier molecular flexibility index (Phi) is 4.66. The first kappa shape index (κ1) is 16.7. The molecule has 0 amide bonds. The molecule has 0 saturated carbocycles. The van der Waals surface area contributed by atoms with E-state index in [1.54, 1.807) is 0 Å². The maximum Gasteiger partial charge on any atom is 0.146 e. The summed E-state index contributed by atoms with van der Waals surface area (Å²) >= 11 is 0. The van der Waals surface area contributed by atoms with Gasteiger partial charge in [0.15, 0.2) is 0 Å². The van der Waals surface area contributed by atoms with Gasteiger partial charge in [-0.2, -0.15) is 5.26 Å². The third-order valence-electron chi connectivity index (χ3n) is 5.24. The number of piperazine rings is 1. The van der Waals surface area contributed by atoms with Gasteiger partial charge < -0.3 is 14.5 Å². The minimum Gasteiger partial charge on any atom is -0.492 e. The van der Waals surface area contributed by atoms with Gasteiger partial charge in [-0.1, -0.05) is 12.1 Å². The molecule has 1 aliphatic heterocycles. The van der Waals surface area contributed by atoms with Gasteiger partial charge in [-0.05, 0) is 49.9 Å². The van der Waals surface area contributed by atoms with Crippen LogP contribution in [0.5, 0.6) is 5.75 Å². The fourth-order valence-electron chi connectivity index (χ4n) is 3.94. The standard InChI is InChI=1S/C21H24N4O/c1-2-26-20-9-4-3-8-19(20)24-10-12-25(13-11-24)21-17(15-22)14-16-6-5-7-18(16)23-21/h3-4,8-9,14H,2,5-7,10-13H2,1H3. The highest BCUT2D eigenvalue weighted by Crippen LogP contribution is 2.31. The van der Waals surface area contributed by atoms with Crippen LogP contribution < -0.4 is 14.5 Å². The lowest BCUT2D eigenvalue weighted by Crippen LogP contribution is -2.47. The molecule has 0 N–H and O–H groups in total. The van der Waals surface area contributed by atoms with Gasteiger partial charge in [-0.25, -0.2) is 4.98 Å². The van der Waals surface area contributed by atoms with Crippen molar-refractivity contribution in [2.45, 2.75) is 26.2 Å². The number of nitriles is 1. The van der Waals surface area contributed by atoms with Crippen LogP contribution in [0, 0.1) is 11.3 Å². The average Bonchev–Trinajstić information content (AvgIpc) is 3.15. The summed E-state index contributed by atoms with van der Waals surface area (Å²) < 4.78 is 5.78. The van der Waals surface area contributed by atoms with Gasteiger partial charge in [0.05, 0.1) is 17.9 Å². The SMILES string of the molecule is CCOc1ccccc1N1CCN(c2nc3c(cc2C#N)CCC3)CC1. The number of rotatable bonds is 4. The Morgan fingerprint density at radius 3 is 2.65 bits per heavy atom. The molecule has 1 aromatic carbocycles. The Morgan fingerprint density at radius 1 is 1.12 bits per heavy atom. The smallest absolute Gasteiger partial charge is 0.146 e. The zero-order chi connectivity index (χ0) is 17.9. The summed E-state index contributed by atoms with van der Waals surface area (Å²) in [5.74, 6) is 1.81. The van der Waals surface area contributed by atoms with E-state index in [0.717, 1.165) is 62.7 Å². The first-order chi connectivity index (χ1) is 12.8. The highest BCUT2D eigenvalue weighted by molar-refractivity contribution is 5.61. The first-order valence-corrected chi connectivity index (χ1v) is 9.44. The van der Waals surface area contributed by atoms with Crippen LogP contribution in [0.2, 0.25) is 0 Å². The predicted molar refractivity (Wildman–Crippen MR) is 103 cm³/mol. The van der Waals surface area contributed by atoms with Gasteiger partial charge in [-0.15, -0.1) is 0 Å². The van der Waals surface area contributed by atoms with E-state index in [1.165, 1.54) is 11.3 Å². The van der Waals surface area contributed by atoms with Crippen LogP contribution in [0.15, 0.2) is 30.3 Å². The Hall–Kier alpha value is -2.74. The van der Waals surface area contributed by atoms with E-state index in [1.807, 2.05) is 19.1 Å². The van der Waals surface area contributed by atoms with E-state index >= 15 is 0 Å². The second-order valence-corrected chi connectivity index (χ2v) is 6.81. The van der Waals surface area contributed by atoms with E-state index in [9.17, 15) is 5.26 Å². The molecule has 1 fully saturated rings. The van der Waals surface area contributed by atoms with Crippen molar-refractivity contribution >= 4 is 11.5 Å². The summed E-state index contributed by atoms with van der Waals surface area (Å²) in [6.07, 6.45) is 3.24. The minimum absolute atomic E-state index is 0.668. The summed E-state index contributed by atoms with van der Waals surface area (Å²) in [5, 5.41) is 9.56. The second-order valence-electron chi connectivity index (χ2n) is 6.81. The van der Waals surface area contributed by atoms with Crippen molar-refractivity contribution in [3.63, 3.8) is 0 Å². The number of ether oxygens (including phenoxy) is 1. The number of pyridine rings is 1. The zero-order valence-corrected chi connectivity index (χ0v) is 15.2. The van der Waals surface area contributed by atoms with E-state index < -0.39 is 0 Å². The molecule has 134 valence electrons. The molecule has 26 heavy (non-hydrogen) atoms. The minimum atomic E-state index is 0.668. The molecular weight excluding hydrogens is 324 g/mol. The monoisotopic (exact) mass is 348 g/mol. The number of para-hydroxylation sites is 2. The highest BCUT2D eigenvalue weighted by atomic mass is 16.5. The van der Waals surface area contributed by atoms with Gasteiger partial charge in [-0.3, -0.25) is 0 Å². The summed E-state index contributed by atoms with van der Waals surface area (Å²) in [5.41, 5.74) is 4.31. The lowest BCUT2D eigenvalue weighted by Gasteiger charge is -2.37. The van der Waals surface area contributed by atoms with Gasteiger partial charge in [0.25, 0.3) is 0 Å². The first-order valence-electron chi connectivity index (χ1n) is 9.44. The summed E-state index contributed by atoms with van der Waals surface area (Å²) in [4.78, 5) is 9.48. The van der Waals surface area contributed by atoms with Crippen molar-refractivity contribution in [2.24, 2.45) is 0 Å². The van der Waals surface area contributed by atoms with Crippen LogP contribution in [0.3, 0.4) is 0 Å². The predicted octanol–water partition coefficient (Wildman–Crippen LogP) is 3.17. The third-order valence-corrected chi connectivity index (χ3v) is 5.24. The van der Waals surface area contributed by atoms with Crippen molar-refractivity contribution < 1.29 is 4.74 Å². The van der Waals surface area contributed by atoms with E-state index in [4.69, 9.17) is 9.72 Å². The topological polar surface area (TPSA) is 52.4 Å². The number of fused-ring (bicyclic) bond motifs is 1. The van der Waals surface area contributed by atoms with E-state index in [2.05, 4.69) is 34.1 Å². The van der Waals surface area contributed by atoms with Gasteiger partial charge in [0, 0.05) is 31.9 Å². The van der Waals surface area contributed by atoms with Crippen molar-refractivity contribution in [1.82, 2.24) is 4.98 Å². The molecule has 0 radical (unpaired) electrons. The Balaban J connectivity index is 1.52. The summed E-state index contributed by atoms with van der Waals surface area (Å²) in [6.45, 7) is 6.20. The fourth-order valence-corrected chi connectivity index (χ4v) is 3.94. The lowest BCUT2D eigenvalue weighted by molar-refractivity contribution is 0.340. The normalized spacial score (nSPS) is 16.3. The highest BCUT2D eigenvalue weighted by Gasteiger charge is 2.24. The number of nitrogens with zero attached hydrogens (tertiary/aromatic N) is 4. The molecule has 5 heteroatoms. The van der Waals surface area contributed by atoms with Crippen LogP contribution in [0.1, 0.15) is 30.2 Å². The number of benzene rings is 1. The maximum absolute atomic E-state index is 9.56. The molecule has 0 atom stereocenters. The molecule has 4 rings (SSSR count). The molecule has 0 unspecified atom stereocenters. The van der Waals surface area contributed by atoms with E-state index in [0.29, 0.717) is 12.2 Å². The van der Waals surface area contributed by atoms with E-state index in [-0.39, 0.29) is 0 Å². The number of hydrogen-bond donors (Lipinski definition) is 0. The lowest BCUT2D eigenvalue weighted by atomic mass is 10.1. The van der Waals surface area contributed by atoms with Crippen LogP contribution in [-0.2, 0) is 12.8 Å². The number of aromatic nitrogens is 1. The van der Waals surface area contributed by atoms with Crippen molar-refractivity contribution in [2.75, 3.05) is 42.6 Å². The van der Waals surface area contributed by atoms with Gasteiger partial charge in [0.2, 0.25) is 0 Å². The summed E-state index contributed by atoms with van der Waals surface area (Å²) in [7, 11) is 0. The molecule has 2 aromatic rings. The Bertz CT molecular complexity index is 834. The Morgan fingerprint density at radius 2 is 1.88 bits per heavy atom. The number of aryl methyl sites for hydroxylation is 2. The Labute approximate surface area is 154 Å². The maximum atomic E-state index is 9.56.